The van der Waals surface area contributed by atoms with Crippen LogP contribution >= 0.6 is 0 Å². The number of aromatic nitrogens is 4. The molecule has 102 valence electrons. The fourth-order valence-corrected chi connectivity index (χ4v) is 2.40. The van der Waals surface area contributed by atoms with Crippen molar-refractivity contribution in [1.82, 2.24) is 19.5 Å². The van der Waals surface area contributed by atoms with E-state index < -0.39 is 0 Å². The van der Waals surface area contributed by atoms with Gasteiger partial charge in [0.25, 0.3) is 5.56 Å². The molecule has 0 spiro atoms. The molecule has 21 heavy (non-hydrogen) atoms. The Balaban J connectivity index is 1.85. The van der Waals surface area contributed by atoms with E-state index in [4.69, 9.17) is 0 Å². The van der Waals surface area contributed by atoms with Crippen LogP contribution < -0.4 is 10.9 Å². The molecule has 0 bridgehead atoms. The molecular formula is C15H11N5O. The Morgan fingerprint density at radius 1 is 1.14 bits per heavy atom. The second-order valence-corrected chi connectivity index (χ2v) is 4.77. The molecule has 2 aromatic heterocycles. The van der Waals surface area contributed by atoms with Gasteiger partial charge >= 0.3 is 0 Å². The van der Waals surface area contributed by atoms with Gasteiger partial charge in [-0.25, -0.2) is 15.0 Å². The van der Waals surface area contributed by atoms with Crippen molar-refractivity contribution in [2.24, 2.45) is 0 Å². The standard InChI is InChI=1S/C15H11N5O/c21-14-7-13(12-5-6-16-9-17-12)19-15-18-11-4-2-1-3-10(11)8-20(14)15/h1-7,9H,8H2,(H,18,19). The summed E-state index contributed by atoms with van der Waals surface area (Å²) < 4.78 is 1.62. The lowest BCUT2D eigenvalue weighted by atomic mass is 10.1. The molecular weight excluding hydrogens is 266 g/mol. The third-order valence-corrected chi connectivity index (χ3v) is 3.44. The first-order chi connectivity index (χ1) is 10.3. The lowest BCUT2D eigenvalue weighted by Crippen LogP contribution is -2.27. The van der Waals surface area contributed by atoms with Crippen molar-refractivity contribution in [3.8, 4) is 11.4 Å². The van der Waals surface area contributed by atoms with Crippen LogP contribution in [0.25, 0.3) is 11.4 Å². The Hall–Kier alpha value is -3.02. The maximum Gasteiger partial charge on any atom is 0.255 e. The molecule has 6 heteroatoms. The molecule has 1 aliphatic rings. The molecule has 0 saturated heterocycles. The molecule has 0 radical (unpaired) electrons. The smallest absolute Gasteiger partial charge is 0.255 e. The molecule has 0 amide bonds. The van der Waals surface area contributed by atoms with Gasteiger partial charge in [0.1, 0.15) is 6.33 Å². The Kier molecular flexibility index (Phi) is 2.53. The summed E-state index contributed by atoms with van der Waals surface area (Å²) in [6, 6.07) is 11.1. The zero-order chi connectivity index (χ0) is 14.2. The molecule has 0 unspecified atom stereocenters. The number of hydrogen-bond donors (Lipinski definition) is 1. The van der Waals surface area contributed by atoms with Crippen molar-refractivity contribution in [2.75, 3.05) is 5.32 Å². The average Bonchev–Trinajstić information content (AvgIpc) is 2.54. The van der Waals surface area contributed by atoms with E-state index in [2.05, 4.69) is 20.3 Å². The SMILES string of the molecule is O=c1cc(-c2ccncn2)nc2n1Cc1ccccc1N2. The van der Waals surface area contributed by atoms with E-state index in [0.717, 1.165) is 11.3 Å². The van der Waals surface area contributed by atoms with Crippen LogP contribution in [0.3, 0.4) is 0 Å². The number of rotatable bonds is 1. The summed E-state index contributed by atoms with van der Waals surface area (Å²) in [4.78, 5) is 24.8. The van der Waals surface area contributed by atoms with E-state index in [1.807, 2.05) is 24.3 Å². The molecule has 3 heterocycles. The van der Waals surface area contributed by atoms with Crippen LogP contribution in [0.1, 0.15) is 5.56 Å². The largest absolute Gasteiger partial charge is 0.325 e. The summed E-state index contributed by atoms with van der Waals surface area (Å²) in [6.07, 6.45) is 3.07. The highest BCUT2D eigenvalue weighted by molar-refractivity contribution is 5.64. The molecule has 1 N–H and O–H groups in total. The van der Waals surface area contributed by atoms with Gasteiger partial charge in [0, 0.05) is 18.0 Å². The number of fused-ring (bicyclic) bond motifs is 2. The normalized spacial score (nSPS) is 12.2. The van der Waals surface area contributed by atoms with E-state index in [0.29, 0.717) is 23.9 Å². The summed E-state index contributed by atoms with van der Waals surface area (Å²) in [7, 11) is 0. The van der Waals surface area contributed by atoms with Crippen molar-refractivity contribution in [2.45, 2.75) is 6.54 Å². The van der Waals surface area contributed by atoms with Crippen molar-refractivity contribution < 1.29 is 0 Å². The third kappa shape index (κ3) is 1.97. The highest BCUT2D eigenvalue weighted by atomic mass is 16.1. The van der Waals surface area contributed by atoms with Gasteiger partial charge < -0.3 is 5.32 Å². The molecule has 4 rings (SSSR count). The molecule has 3 aromatic rings. The predicted molar refractivity (Wildman–Crippen MR) is 78.3 cm³/mol. The number of hydrogen-bond acceptors (Lipinski definition) is 5. The molecule has 6 nitrogen and oxygen atoms in total. The summed E-state index contributed by atoms with van der Waals surface area (Å²) in [6.45, 7) is 0.522. The van der Waals surface area contributed by atoms with Gasteiger partial charge in [-0.05, 0) is 17.7 Å². The number of nitrogens with one attached hydrogen (secondary N) is 1. The minimum atomic E-state index is -0.101. The van der Waals surface area contributed by atoms with E-state index >= 15 is 0 Å². The number of para-hydroxylation sites is 1. The van der Waals surface area contributed by atoms with E-state index in [1.165, 1.54) is 12.4 Å². The maximum atomic E-state index is 12.3. The van der Waals surface area contributed by atoms with Crippen LogP contribution in [0.5, 0.6) is 0 Å². The minimum absolute atomic E-state index is 0.101. The van der Waals surface area contributed by atoms with Crippen LogP contribution in [0, 0.1) is 0 Å². The summed E-state index contributed by atoms with van der Waals surface area (Å²) in [5.74, 6) is 0.537. The van der Waals surface area contributed by atoms with Crippen LogP contribution in [-0.2, 0) is 6.54 Å². The second-order valence-electron chi connectivity index (χ2n) is 4.77. The van der Waals surface area contributed by atoms with Crippen LogP contribution in [0.15, 0.2) is 53.7 Å². The van der Waals surface area contributed by atoms with Crippen molar-refractivity contribution in [3.05, 3.63) is 64.8 Å². The molecule has 0 saturated carbocycles. The zero-order valence-corrected chi connectivity index (χ0v) is 11.0. The lowest BCUT2D eigenvalue weighted by molar-refractivity contribution is 0.735. The third-order valence-electron chi connectivity index (χ3n) is 3.44. The first-order valence-electron chi connectivity index (χ1n) is 6.54. The summed E-state index contributed by atoms with van der Waals surface area (Å²) >= 11 is 0. The maximum absolute atomic E-state index is 12.3. The quantitative estimate of drug-likeness (QED) is 0.574. The first kappa shape index (κ1) is 11.8. The van der Waals surface area contributed by atoms with Gasteiger partial charge in [0.05, 0.1) is 17.9 Å². The average molecular weight is 277 g/mol. The van der Waals surface area contributed by atoms with Crippen LogP contribution in [-0.4, -0.2) is 19.5 Å². The van der Waals surface area contributed by atoms with Gasteiger partial charge in [0.2, 0.25) is 5.95 Å². The lowest BCUT2D eigenvalue weighted by Gasteiger charge is -2.22. The van der Waals surface area contributed by atoms with Crippen LogP contribution in [0.4, 0.5) is 11.6 Å². The van der Waals surface area contributed by atoms with Crippen molar-refractivity contribution >= 4 is 11.6 Å². The van der Waals surface area contributed by atoms with E-state index in [9.17, 15) is 4.79 Å². The summed E-state index contributed by atoms with van der Waals surface area (Å²) in [5.41, 5.74) is 3.12. The Labute approximate surface area is 120 Å². The topological polar surface area (TPSA) is 72.7 Å². The van der Waals surface area contributed by atoms with E-state index in [1.54, 1.807) is 16.8 Å². The molecule has 1 aromatic carbocycles. The van der Waals surface area contributed by atoms with Gasteiger partial charge in [0.15, 0.2) is 0 Å². The first-order valence-corrected chi connectivity index (χ1v) is 6.54. The molecule has 0 aliphatic carbocycles. The van der Waals surface area contributed by atoms with E-state index in [-0.39, 0.29) is 5.56 Å². The van der Waals surface area contributed by atoms with Gasteiger partial charge in [-0.1, -0.05) is 18.2 Å². The molecule has 0 atom stereocenters. The zero-order valence-electron chi connectivity index (χ0n) is 11.0. The summed E-state index contributed by atoms with van der Waals surface area (Å²) in [5, 5.41) is 3.20. The fraction of sp³-hybridized carbons (Fsp3) is 0.0667. The number of anilines is 2. The van der Waals surface area contributed by atoms with Gasteiger partial charge in [-0.2, -0.15) is 0 Å². The number of nitrogens with zero attached hydrogens (tertiary/aromatic N) is 4. The van der Waals surface area contributed by atoms with Gasteiger partial charge in [-0.3, -0.25) is 9.36 Å². The Morgan fingerprint density at radius 2 is 2.05 bits per heavy atom. The molecule has 0 fully saturated rings. The number of benzene rings is 1. The predicted octanol–water partition coefficient (Wildman–Crippen LogP) is 1.81. The van der Waals surface area contributed by atoms with Gasteiger partial charge in [-0.15, -0.1) is 0 Å². The Morgan fingerprint density at radius 3 is 2.90 bits per heavy atom. The van der Waals surface area contributed by atoms with Crippen LogP contribution in [0.2, 0.25) is 0 Å². The minimum Gasteiger partial charge on any atom is -0.325 e. The monoisotopic (exact) mass is 277 g/mol. The highest BCUT2D eigenvalue weighted by Crippen LogP contribution is 2.26. The molecule has 1 aliphatic heterocycles. The fourth-order valence-electron chi connectivity index (χ4n) is 2.40. The van der Waals surface area contributed by atoms with Crippen molar-refractivity contribution in [1.29, 1.82) is 0 Å². The highest BCUT2D eigenvalue weighted by Gasteiger charge is 2.17. The van der Waals surface area contributed by atoms with Crippen molar-refractivity contribution in [3.63, 3.8) is 0 Å². The second kappa shape index (κ2) is 4.52. The Bertz CT molecular complexity index is 873.